The van der Waals surface area contributed by atoms with Gasteiger partial charge in [-0.3, -0.25) is 0 Å². The Bertz CT molecular complexity index is 294. The first-order valence-electron chi connectivity index (χ1n) is 11.6. The molecule has 4 nitrogen and oxygen atoms in total. The maximum absolute atomic E-state index is 12.0. The first kappa shape index (κ1) is 31.1. The van der Waals surface area contributed by atoms with Gasteiger partial charge in [0.25, 0.3) is 0 Å². The molecule has 28 heavy (non-hydrogen) atoms. The van der Waals surface area contributed by atoms with Crippen LogP contribution in [-0.2, 0) is 26.2 Å². The largest absolute Gasteiger partial charge is 0.431 e. The first-order chi connectivity index (χ1) is 12.2. The molecule has 0 aliphatic heterocycles. The molecule has 3 saturated carbocycles. The third-order valence-corrected chi connectivity index (χ3v) is 12.9. The molecule has 6 heteroatoms. The predicted molar refractivity (Wildman–Crippen MR) is 118 cm³/mol. The van der Waals surface area contributed by atoms with Gasteiger partial charge in [0.05, 0.1) is 0 Å². The fourth-order valence-corrected chi connectivity index (χ4v) is 11.9. The van der Waals surface area contributed by atoms with Crippen molar-refractivity contribution in [2.45, 2.75) is 133 Å². The first-order valence-corrected chi connectivity index (χ1v) is 13.7. The van der Waals surface area contributed by atoms with Crippen molar-refractivity contribution in [3.8, 4) is 0 Å². The molecule has 3 aliphatic carbocycles. The number of hydrogen-bond acceptors (Lipinski definition) is 2. The zero-order valence-corrected chi connectivity index (χ0v) is 21.8. The molecular formula is C22H48O4SiZr. The Kier molecular flexibility index (Phi) is 19.6. The summed E-state index contributed by atoms with van der Waals surface area (Å²) in [6.07, 6.45) is 23.0. The number of aliphatic hydroxyl groups excluding tert-OH is 1. The van der Waals surface area contributed by atoms with E-state index in [0.29, 0.717) is 6.61 Å². The Morgan fingerprint density at radius 2 is 0.929 bits per heavy atom. The standard InChI is InChI=1S/C18H34OSi.C4H10O.2H2O.Zr/c19-20(16-10-4-1-5-11-16,17-12-6-2-7-13-17)18-14-8-3-9-15-18;1-2-3-4-5;;;/h16-19H,1-15H2;5H,2-4H2,1H3;2*1H2;. The molecule has 0 unspecified atom stereocenters. The molecule has 0 saturated heterocycles. The summed E-state index contributed by atoms with van der Waals surface area (Å²) in [4.78, 5) is 12.0. The van der Waals surface area contributed by atoms with Crippen molar-refractivity contribution in [2.24, 2.45) is 0 Å². The minimum Gasteiger partial charge on any atom is -0.431 e. The van der Waals surface area contributed by atoms with Crippen LogP contribution in [0.5, 0.6) is 0 Å². The fourth-order valence-electron chi connectivity index (χ4n) is 5.85. The van der Waals surface area contributed by atoms with Crippen LogP contribution >= 0.6 is 0 Å². The van der Waals surface area contributed by atoms with Gasteiger partial charge in [-0.2, -0.15) is 0 Å². The molecule has 0 spiro atoms. The maximum Gasteiger partial charge on any atom is 0.197 e. The molecular weight excluding hydrogens is 448 g/mol. The van der Waals surface area contributed by atoms with Crippen molar-refractivity contribution in [1.82, 2.24) is 0 Å². The smallest absolute Gasteiger partial charge is 0.197 e. The van der Waals surface area contributed by atoms with Gasteiger partial charge in [-0.25, -0.2) is 0 Å². The van der Waals surface area contributed by atoms with Crippen molar-refractivity contribution in [1.29, 1.82) is 0 Å². The van der Waals surface area contributed by atoms with Gasteiger partial charge in [-0.15, -0.1) is 0 Å². The molecule has 0 bridgehead atoms. The molecule has 0 aromatic heterocycles. The van der Waals surface area contributed by atoms with Gasteiger partial charge in [0.1, 0.15) is 0 Å². The van der Waals surface area contributed by atoms with Crippen molar-refractivity contribution < 1.29 is 47.1 Å². The number of hydrogen-bond donors (Lipinski definition) is 2. The second-order valence-corrected chi connectivity index (χ2v) is 13.2. The Morgan fingerprint density at radius 1 is 0.643 bits per heavy atom. The second kappa shape index (κ2) is 17.6. The Labute approximate surface area is 194 Å². The summed E-state index contributed by atoms with van der Waals surface area (Å²) in [6.45, 7) is 2.40. The summed E-state index contributed by atoms with van der Waals surface area (Å²) in [5.74, 6) is 0. The monoisotopic (exact) mass is 494 g/mol. The Morgan fingerprint density at radius 3 is 1.11 bits per heavy atom. The minimum absolute atomic E-state index is 0. The second-order valence-electron chi connectivity index (χ2n) is 8.97. The fraction of sp³-hybridized carbons (Fsp3) is 1.00. The molecule has 0 aromatic rings. The summed E-state index contributed by atoms with van der Waals surface area (Å²) in [7, 11) is -2.05. The van der Waals surface area contributed by atoms with Crippen LogP contribution < -0.4 is 0 Å². The molecule has 3 rings (SSSR count). The summed E-state index contributed by atoms with van der Waals surface area (Å²) in [5, 5.41) is 8.07. The molecule has 168 valence electrons. The molecule has 3 fully saturated rings. The van der Waals surface area contributed by atoms with Crippen LogP contribution in [0, 0.1) is 0 Å². The molecule has 0 amide bonds. The van der Waals surface area contributed by atoms with Crippen molar-refractivity contribution in [3.05, 3.63) is 0 Å². The van der Waals surface area contributed by atoms with E-state index < -0.39 is 8.32 Å². The van der Waals surface area contributed by atoms with E-state index in [9.17, 15) is 4.80 Å². The zero-order valence-electron chi connectivity index (χ0n) is 18.4. The van der Waals surface area contributed by atoms with E-state index in [-0.39, 0.29) is 37.2 Å². The van der Waals surface area contributed by atoms with E-state index in [4.69, 9.17) is 5.11 Å². The van der Waals surface area contributed by atoms with E-state index in [1.165, 1.54) is 96.3 Å². The van der Waals surface area contributed by atoms with Gasteiger partial charge >= 0.3 is 0 Å². The molecule has 0 aromatic carbocycles. The van der Waals surface area contributed by atoms with Gasteiger partial charge in [0, 0.05) is 32.8 Å². The third kappa shape index (κ3) is 8.98. The number of unbranched alkanes of at least 4 members (excludes halogenated alkanes) is 1. The van der Waals surface area contributed by atoms with Crippen LogP contribution in [0.15, 0.2) is 0 Å². The quantitative estimate of drug-likeness (QED) is 0.521. The predicted octanol–water partition coefficient (Wildman–Crippen LogP) is 5.05. The normalized spacial score (nSPS) is 22.0. The third-order valence-electron chi connectivity index (χ3n) is 7.29. The van der Waals surface area contributed by atoms with Crippen LogP contribution in [0.1, 0.15) is 116 Å². The van der Waals surface area contributed by atoms with Crippen molar-refractivity contribution >= 4 is 8.32 Å². The molecule has 0 atom stereocenters. The topological polar surface area (TPSA) is 103 Å². The van der Waals surface area contributed by atoms with E-state index >= 15 is 0 Å². The Hall–Kier alpha value is 0.940. The molecule has 0 heterocycles. The van der Waals surface area contributed by atoms with E-state index in [0.717, 1.165) is 29.5 Å². The van der Waals surface area contributed by atoms with Crippen LogP contribution in [0.3, 0.4) is 0 Å². The summed E-state index contributed by atoms with van der Waals surface area (Å²) in [6, 6.07) is 0. The van der Waals surface area contributed by atoms with E-state index in [2.05, 4.69) is 6.92 Å². The van der Waals surface area contributed by atoms with E-state index in [1.54, 1.807) is 0 Å². The summed E-state index contributed by atoms with van der Waals surface area (Å²) in [5.41, 5.74) is 2.30. The van der Waals surface area contributed by atoms with Gasteiger partial charge in [0.15, 0.2) is 8.32 Å². The van der Waals surface area contributed by atoms with Crippen LogP contribution in [0.2, 0.25) is 16.6 Å². The molecule has 6 N–H and O–H groups in total. The van der Waals surface area contributed by atoms with Crippen LogP contribution in [-0.4, -0.2) is 35.8 Å². The molecule has 0 radical (unpaired) electrons. The summed E-state index contributed by atoms with van der Waals surface area (Å²) >= 11 is 0. The minimum atomic E-state index is -2.05. The van der Waals surface area contributed by atoms with E-state index in [1.807, 2.05) is 0 Å². The van der Waals surface area contributed by atoms with Crippen molar-refractivity contribution in [2.75, 3.05) is 6.61 Å². The van der Waals surface area contributed by atoms with Gasteiger partial charge in [0.2, 0.25) is 0 Å². The average molecular weight is 496 g/mol. The van der Waals surface area contributed by atoms with Crippen LogP contribution in [0.25, 0.3) is 0 Å². The average Bonchev–Trinajstić information content (AvgIpc) is 2.70. The SMILES string of the molecule is CCCCO.O.O.O[Si](C1CCCCC1)(C1CCCCC1)C1CCCCC1.[Zr]. The van der Waals surface area contributed by atoms with Gasteiger partial charge < -0.3 is 20.9 Å². The Balaban J connectivity index is 0. The number of rotatable bonds is 5. The number of aliphatic hydroxyl groups is 1. The summed E-state index contributed by atoms with van der Waals surface area (Å²) < 4.78 is 0. The zero-order chi connectivity index (χ0) is 18.0. The van der Waals surface area contributed by atoms with Gasteiger partial charge in [-0.1, -0.05) is 110 Å². The van der Waals surface area contributed by atoms with Crippen molar-refractivity contribution in [3.63, 3.8) is 0 Å². The van der Waals surface area contributed by atoms with Gasteiger partial charge in [-0.05, 0) is 23.0 Å². The maximum atomic E-state index is 12.0. The molecule has 3 aliphatic rings. The van der Waals surface area contributed by atoms with Crippen LogP contribution in [0.4, 0.5) is 0 Å².